The summed E-state index contributed by atoms with van der Waals surface area (Å²) in [6.07, 6.45) is 0. The Labute approximate surface area is 177 Å². The molecule has 0 saturated heterocycles. The molecule has 0 atom stereocenters. The highest BCUT2D eigenvalue weighted by Crippen LogP contribution is 2.29. The smallest absolute Gasteiger partial charge is 0.321 e. The zero-order chi connectivity index (χ0) is 20.9. The van der Waals surface area contributed by atoms with Crippen LogP contribution in [0.4, 0.5) is 5.69 Å². The van der Waals surface area contributed by atoms with Crippen molar-refractivity contribution in [2.45, 2.75) is 4.90 Å². The molecule has 0 aliphatic heterocycles. The summed E-state index contributed by atoms with van der Waals surface area (Å²) in [5.74, 6) is -1.55. The predicted octanol–water partition coefficient (Wildman–Crippen LogP) is 3.45. The first-order chi connectivity index (χ1) is 13.1. The normalized spacial score (nSPS) is 11.3. The van der Waals surface area contributed by atoms with E-state index < -0.39 is 35.1 Å². The van der Waals surface area contributed by atoms with Crippen molar-refractivity contribution in [3.63, 3.8) is 0 Å². The van der Waals surface area contributed by atoms with E-state index in [9.17, 15) is 18.0 Å². The van der Waals surface area contributed by atoms with Crippen LogP contribution in [0.2, 0.25) is 15.1 Å². The van der Waals surface area contributed by atoms with E-state index in [2.05, 4.69) is 5.32 Å². The number of amides is 1. The number of anilines is 1. The molecule has 150 valence electrons. The number of esters is 1. The molecule has 2 aromatic rings. The number of carbonyl (C=O) groups is 2. The molecule has 1 N–H and O–H groups in total. The van der Waals surface area contributed by atoms with E-state index in [0.29, 0.717) is 5.02 Å². The van der Waals surface area contributed by atoms with Crippen LogP contribution in [0.5, 0.6) is 0 Å². The van der Waals surface area contributed by atoms with Crippen molar-refractivity contribution in [3.8, 4) is 0 Å². The topological polar surface area (TPSA) is 92.8 Å². The zero-order valence-corrected chi connectivity index (χ0v) is 17.6. The molecule has 28 heavy (non-hydrogen) atoms. The van der Waals surface area contributed by atoms with Crippen LogP contribution in [-0.4, -0.2) is 44.8 Å². The van der Waals surface area contributed by atoms with E-state index in [1.165, 1.54) is 37.4 Å². The van der Waals surface area contributed by atoms with Gasteiger partial charge >= 0.3 is 5.97 Å². The molecule has 0 saturated carbocycles. The molecular formula is C17H15Cl3N2O5S. The van der Waals surface area contributed by atoms with Gasteiger partial charge in [-0.3, -0.25) is 9.59 Å². The van der Waals surface area contributed by atoms with Crippen LogP contribution < -0.4 is 5.32 Å². The number of ether oxygens (including phenoxy) is 1. The number of nitrogens with zero attached hydrogens (tertiary/aromatic N) is 1. The third-order valence-electron chi connectivity index (χ3n) is 3.46. The quantitative estimate of drug-likeness (QED) is 0.632. The molecule has 2 rings (SSSR count). The highest BCUT2D eigenvalue weighted by molar-refractivity contribution is 7.89. The van der Waals surface area contributed by atoms with Gasteiger partial charge in [-0.25, -0.2) is 8.42 Å². The summed E-state index contributed by atoms with van der Waals surface area (Å²) >= 11 is 17.5. The average Bonchev–Trinajstić information content (AvgIpc) is 2.64. The largest absolute Gasteiger partial charge is 0.455 e. The highest BCUT2D eigenvalue weighted by Gasteiger charge is 2.24. The second-order valence-electron chi connectivity index (χ2n) is 5.53. The number of likely N-dealkylation sites (N-methyl/N-ethyl adjacent to an activating group) is 1. The van der Waals surface area contributed by atoms with Crippen LogP contribution in [0.3, 0.4) is 0 Å². The Morgan fingerprint density at radius 2 is 1.71 bits per heavy atom. The number of carbonyl (C=O) groups excluding carboxylic acids is 2. The number of halogens is 3. The molecule has 7 nitrogen and oxygen atoms in total. The van der Waals surface area contributed by atoms with Crippen LogP contribution in [0.15, 0.2) is 47.4 Å². The van der Waals surface area contributed by atoms with Gasteiger partial charge in [0.2, 0.25) is 10.0 Å². The Balaban J connectivity index is 1.90. The Morgan fingerprint density at radius 1 is 1.07 bits per heavy atom. The lowest BCUT2D eigenvalue weighted by Gasteiger charge is -2.16. The van der Waals surface area contributed by atoms with Crippen molar-refractivity contribution < 1.29 is 22.7 Å². The first-order valence-electron chi connectivity index (χ1n) is 7.72. The molecule has 2 aromatic carbocycles. The van der Waals surface area contributed by atoms with Gasteiger partial charge in [-0.15, -0.1) is 0 Å². The molecule has 0 spiro atoms. The molecule has 0 unspecified atom stereocenters. The summed E-state index contributed by atoms with van der Waals surface area (Å²) < 4.78 is 30.4. The third-order valence-corrected chi connectivity index (χ3v) is 6.35. The fourth-order valence-electron chi connectivity index (χ4n) is 2.03. The minimum absolute atomic E-state index is 0.0273. The lowest BCUT2D eigenvalue weighted by atomic mass is 10.3. The van der Waals surface area contributed by atoms with Crippen LogP contribution in [0, 0.1) is 0 Å². The van der Waals surface area contributed by atoms with Gasteiger partial charge in [0.05, 0.1) is 20.6 Å². The van der Waals surface area contributed by atoms with Crippen molar-refractivity contribution in [2.75, 3.05) is 25.5 Å². The lowest BCUT2D eigenvalue weighted by molar-refractivity contribution is -0.147. The van der Waals surface area contributed by atoms with Crippen LogP contribution >= 0.6 is 34.8 Å². The van der Waals surface area contributed by atoms with Crippen LogP contribution in [-0.2, 0) is 24.3 Å². The number of sulfonamides is 1. The van der Waals surface area contributed by atoms with E-state index in [1.807, 2.05) is 0 Å². The highest BCUT2D eigenvalue weighted by atomic mass is 35.5. The predicted molar refractivity (Wildman–Crippen MR) is 107 cm³/mol. The molecule has 0 aromatic heterocycles. The fourth-order valence-corrected chi connectivity index (χ4v) is 3.62. The van der Waals surface area contributed by atoms with Crippen molar-refractivity contribution in [2.24, 2.45) is 0 Å². The molecule has 0 aliphatic carbocycles. The van der Waals surface area contributed by atoms with Gasteiger partial charge < -0.3 is 10.1 Å². The first-order valence-corrected chi connectivity index (χ1v) is 10.3. The maximum Gasteiger partial charge on any atom is 0.321 e. The van der Waals surface area contributed by atoms with Gasteiger partial charge in [0.25, 0.3) is 5.91 Å². The average molecular weight is 466 g/mol. The molecular weight excluding hydrogens is 451 g/mol. The van der Waals surface area contributed by atoms with Crippen molar-refractivity contribution in [3.05, 3.63) is 57.5 Å². The summed E-state index contributed by atoms with van der Waals surface area (Å²) in [4.78, 5) is 23.7. The summed E-state index contributed by atoms with van der Waals surface area (Å²) in [6, 6.07) is 10.2. The third kappa shape index (κ3) is 5.83. The number of benzene rings is 2. The summed E-state index contributed by atoms with van der Waals surface area (Å²) in [7, 11) is -2.69. The van der Waals surface area contributed by atoms with Gasteiger partial charge in [-0.1, -0.05) is 40.9 Å². The summed E-state index contributed by atoms with van der Waals surface area (Å²) in [5.41, 5.74) is 0.262. The van der Waals surface area contributed by atoms with Gasteiger partial charge in [-0.05, 0) is 36.4 Å². The first kappa shape index (κ1) is 22.4. The maximum atomic E-state index is 12.4. The lowest BCUT2D eigenvalue weighted by Crippen LogP contribution is -2.34. The second-order valence-corrected chi connectivity index (χ2v) is 8.79. The van der Waals surface area contributed by atoms with Gasteiger partial charge in [0, 0.05) is 12.1 Å². The van der Waals surface area contributed by atoms with Gasteiger partial charge in [0.1, 0.15) is 6.54 Å². The Bertz CT molecular complexity index is 981. The van der Waals surface area contributed by atoms with E-state index in [4.69, 9.17) is 39.5 Å². The Hall–Kier alpha value is -1.84. The molecule has 1 amide bonds. The Kier molecular flexibility index (Phi) is 7.68. The van der Waals surface area contributed by atoms with E-state index in [-0.39, 0.29) is 20.6 Å². The molecule has 0 fully saturated rings. The van der Waals surface area contributed by atoms with Gasteiger partial charge in [0.15, 0.2) is 6.61 Å². The SMILES string of the molecule is CN(CC(=O)OCC(=O)Nc1cccc(Cl)c1Cl)S(=O)(=O)c1ccc(Cl)cc1. The molecule has 0 aliphatic rings. The molecule has 0 radical (unpaired) electrons. The second kappa shape index (κ2) is 9.58. The van der Waals surface area contributed by atoms with Gasteiger partial charge in [-0.2, -0.15) is 4.31 Å². The minimum atomic E-state index is -3.91. The number of hydrogen-bond donors (Lipinski definition) is 1. The molecule has 0 heterocycles. The van der Waals surface area contributed by atoms with E-state index in [1.54, 1.807) is 12.1 Å². The number of hydrogen-bond acceptors (Lipinski definition) is 5. The van der Waals surface area contributed by atoms with Crippen molar-refractivity contribution >= 4 is 62.4 Å². The van der Waals surface area contributed by atoms with Crippen LogP contribution in [0.1, 0.15) is 0 Å². The molecule has 0 bridgehead atoms. The monoisotopic (exact) mass is 464 g/mol. The Morgan fingerprint density at radius 3 is 2.36 bits per heavy atom. The van der Waals surface area contributed by atoms with Crippen LogP contribution in [0.25, 0.3) is 0 Å². The van der Waals surface area contributed by atoms with E-state index in [0.717, 1.165) is 4.31 Å². The molecule has 11 heteroatoms. The minimum Gasteiger partial charge on any atom is -0.455 e. The number of nitrogens with one attached hydrogen (secondary N) is 1. The maximum absolute atomic E-state index is 12.4. The summed E-state index contributed by atoms with van der Waals surface area (Å²) in [6.45, 7) is -1.19. The van der Waals surface area contributed by atoms with Crippen molar-refractivity contribution in [1.29, 1.82) is 0 Å². The number of rotatable bonds is 7. The fraction of sp³-hybridized carbons (Fsp3) is 0.176. The van der Waals surface area contributed by atoms with E-state index >= 15 is 0 Å². The van der Waals surface area contributed by atoms with Crippen molar-refractivity contribution in [1.82, 2.24) is 4.31 Å². The summed E-state index contributed by atoms with van der Waals surface area (Å²) in [5, 5.41) is 3.23. The zero-order valence-electron chi connectivity index (χ0n) is 14.5. The standard InChI is InChI=1S/C17H15Cl3N2O5S/c1-22(28(25,26)12-7-5-11(18)6-8-12)9-16(24)27-10-15(23)21-14-4-2-3-13(19)17(14)20/h2-8H,9-10H2,1H3,(H,21,23).